The second-order valence-electron chi connectivity index (χ2n) is 7.59. The molecular weight excluding hydrogens is 414 g/mol. The number of carbonyl (C=O) groups excluding carboxylic acids is 2. The summed E-state index contributed by atoms with van der Waals surface area (Å²) >= 11 is 0. The maximum Gasteiger partial charge on any atom is 0.258 e. The average molecular weight is 446 g/mol. The van der Waals surface area contributed by atoms with Gasteiger partial charge in [-0.2, -0.15) is 0 Å². The molecule has 0 saturated carbocycles. The van der Waals surface area contributed by atoms with Crippen LogP contribution in [0.1, 0.15) is 37.0 Å². The molecule has 0 aliphatic heterocycles. The van der Waals surface area contributed by atoms with Crippen molar-refractivity contribution in [3.63, 3.8) is 0 Å². The van der Waals surface area contributed by atoms with Gasteiger partial charge in [0, 0.05) is 29.2 Å². The summed E-state index contributed by atoms with van der Waals surface area (Å²) in [6.07, 6.45) is 2.12. The molecule has 33 heavy (non-hydrogen) atoms. The molecule has 0 atom stereocenters. The van der Waals surface area contributed by atoms with Crippen LogP contribution in [0.2, 0.25) is 0 Å². The molecule has 0 radical (unpaired) electrons. The van der Waals surface area contributed by atoms with Crippen LogP contribution in [0.4, 0.5) is 17.1 Å². The van der Waals surface area contributed by atoms with Crippen molar-refractivity contribution < 1.29 is 14.3 Å². The third kappa shape index (κ3) is 7.10. The number of para-hydroxylation sites is 1. The van der Waals surface area contributed by atoms with Crippen LogP contribution in [0.3, 0.4) is 0 Å². The van der Waals surface area contributed by atoms with Gasteiger partial charge in [-0.05, 0) is 67.9 Å². The molecule has 6 nitrogen and oxygen atoms in total. The summed E-state index contributed by atoms with van der Waals surface area (Å²) in [5.41, 5.74) is 2.77. The van der Waals surface area contributed by atoms with Gasteiger partial charge in [-0.1, -0.05) is 37.6 Å². The molecule has 2 amide bonds. The Hall–Kier alpha value is -3.80. The number of hydrogen-bond acceptors (Lipinski definition) is 4. The van der Waals surface area contributed by atoms with Gasteiger partial charge < -0.3 is 20.3 Å². The summed E-state index contributed by atoms with van der Waals surface area (Å²) in [7, 11) is 0. The molecule has 172 valence electrons. The second kappa shape index (κ2) is 12.3. The van der Waals surface area contributed by atoms with Gasteiger partial charge in [0.05, 0.1) is 13.2 Å². The number of benzene rings is 3. The normalized spacial score (nSPS) is 10.4. The number of amides is 2. The van der Waals surface area contributed by atoms with E-state index in [0.717, 1.165) is 30.0 Å². The molecule has 0 aromatic heterocycles. The maximum absolute atomic E-state index is 13.0. The number of nitrogens with zero attached hydrogens (tertiary/aromatic N) is 1. The minimum absolute atomic E-state index is 0.110. The number of ether oxygens (including phenoxy) is 1. The Morgan fingerprint density at radius 1 is 0.879 bits per heavy atom. The van der Waals surface area contributed by atoms with Crippen LogP contribution in [0.25, 0.3) is 0 Å². The summed E-state index contributed by atoms with van der Waals surface area (Å²) in [6.45, 7) is 5.42. The van der Waals surface area contributed by atoms with Gasteiger partial charge in [0.1, 0.15) is 5.75 Å². The minimum Gasteiger partial charge on any atom is -0.494 e. The van der Waals surface area contributed by atoms with Crippen LogP contribution in [-0.4, -0.2) is 31.5 Å². The largest absolute Gasteiger partial charge is 0.494 e. The topological polar surface area (TPSA) is 70.7 Å². The van der Waals surface area contributed by atoms with E-state index in [4.69, 9.17) is 4.74 Å². The average Bonchev–Trinajstić information content (AvgIpc) is 2.85. The quantitative estimate of drug-likeness (QED) is 0.378. The van der Waals surface area contributed by atoms with Gasteiger partial charge in [-0.3, -0.25) is 9.59 Å². The van der Waals surface area contributed by atoms with E-state index in [2.05, 4.69) is 17.6 Å². The van der Waals surface area contributed by atoms with E-state index in [1.54, 1.807) is 29.2 Å². The van der Waals surface area contributed by atoms with Gasteiger partial charge in [-0.15, -0.1) is 0 Å². The summed E-state index contributed by atoms with van der Waals surface area (Å²) in [5, 5.41) is 5.96. The zero-order valence-electron chi connectivity index (χ0n) is 19.2. The maximum atomic E-state index is 13.0. The molecule has 0 heterocycles. The Morgan fingerprint density at radius 2 is 1.64 bits per heavy atom. The first kappa shape index (κ1) is 23.9. The van der Waals surface area contributed by atoms with Crippen molar-refractivity contribution in [1.29, 1.82) is 0 Å². The lowest BCUT2D eigenvalue weighted by Crippen LogP contribution is -2.30. The predicted octanol–water partition coefficient (Wildman–Crippen LogP) is 5.58. The van der Waals surface area contributed by atoms with Gasteiger partial charge in [0.25, 0.3) is 5.91 Å². The van der Waals surface area contributed by atoms with Crippen LogP contribution in [0.15, 0.2) is 78.9 Å². The number of anilines is 3. The van der Waals surface area contributed by atoms with Crippen LogP contribution < -0.4 is 20.3 Å². The van der Waals surface area contributed by atoms with Crippen molar-refractivity contribution >= 4 is 28.9 Å². The Bertz CT molecular complexity index is 1040. The van der Waals surface area contributed by atoms with Crippen LogP contribution >= 0.6 is 0 Å². The standard InChI is InChI=1S/C27H31N3O3/c1-3-5-18-33-25-16-14-22(15-17-25)28-20-26(31)29-23-11-9-10-21(19-23)27(32)30(4-2)24-12-7-6-8-13-24/h6-17,19,28H,3-5,18,20H2,1-2H3,(H,29,31). The highest BCUT2D eigenvalue weighted by Gasteiger charge is 2.16. The van der Waals surface area contributed by atoms with E-state index in [1.165, 1.54) is 0 Å². The first-order chi connectivity index (χ1) is 16.1. The lowest BCUT2D eigenvalue weighted by atomic mass is 10.1. The van der Waals surface area contributed by atoms with Crippen molar-refractivity contribution in [2.45, 2.75) is 26.7 Å². The van der Waals surface area contributed by atoms with E-state index in [1.807, 2.05) is 61.5 Å². The lowest BCUT2D eigenvalue weighted by Gasteiger charge is -2.21. The zero-order chi connectivity index (χ0) is 23.5. The van der Waals surface area contributed by atoms with E-state index >= 15 is 0 Å². The highest BCUT2D eigenvalue weighted by Crippen LogP contribution is 2.19. The fraction of sp³-hybridized carbons (Fsp3) is 0.259. The van der Waals surface area contributed by atoms with Crippen molar-refractivity contribution in [3.8, 4) is 5.75 Å². The third-order valence-electron chi connectivity index (χ3n) is 5.10. The molecule has 0 spiro atoms. The van der Waals surface area contributed by atoms with Crippen molar-refractivity contribution in [1.82, 2.24) is 0 Å². The molecule has 0 fully saturated rings. The van der Waals surface area contributed by atoms with Crippen molar-refractivity contribution in [3.05, 3.63) is 84.4 Å². The molecule has 2 N–H and O–H groups in total. The predicted molar refractivity (Wildman–Crippen MR) is 134 cm³/mol. The van der Waals surface area contributed by atoms with Crippen molar-refractivity contribution in [2.24, 2.45) is 0 Å². The molecule has 0 unspecified atom stereocenters. The summed E-state index contributed by atoms with van der Waals surface area (Å²) in [4.78, 5) is 27.2. The number of unbranched alkanes of at least 4 members (excludes halogenated alkanes) is 1. The van der Waals surface area contributed by atoms with Gasteiger partial charge in [-0.25, -0.2) is 0 Å². The summed E-state index contributed by atoms with van der Waals surface area (Å²) < 4.78 is 5.65. The molecular formula is C27H31N3O3. The Labute approximate surface area is 195 Å². The van der Waals surface area contributed by atoms with Crippen LogP contribution in [-0.2, 0) is 4.79 Å². The minimum atomic E-state index is -0.196. The zero-order valence-corrected chi connectivity index (χ0v) is 19.2. The van der Waals surface area contributed by atoms with Crippen LogP contribution in [0, 0.1) is 0 Å². The SMILES string of the molecule is CCCCOc1ccc(NCC(=O)Nc2cccc(C(=O)N(CC)c3ccccc3)c2)cc1. The molecule has 3 rings (SSSR count). The van der Waals surface area contributed by atoms with Gasteiger partial charge in [0.15, 0.2) is 0 Å². The van der Waals surface area contributed by atoms with E-state index in [0.29, 0.717) is 24.4 Å². The number of nitrogens with one attached hydrogen (secondary N) is 2. The molecule has 0 aliphatic carbocycles. The molecule has 0 aliphatic rings. The van der Waals surface area contributed by atoms with Crippen LogP contribution in [0.5, 0.6) is 5.75 Å². The van der Waals surface area contributed by atoms with Gasteiger partial charge >= 0.3 is 0 Å². The molecule has 0 saturated heterocycles. The fourth-order valence-electron chi connectivity index (χ4n) is 3.33. The van der Waals surface area contributed by atoms with Gasteiger partial charge in [0.2, 0.25) is 5.91 Å². The van der Waals surface area contributed by atoms with E-state index < -0.39 is 0 Å². The van der Waals surface area contributed by atoms with Crippen molar-refractivity contribution in [2.75, 3.05) is 35.2 Å². The summed E-state index contributed by atoms with van der Waals surface area (Å²) in [5.74, 6) is 0.508. The fourth-order valence-corrected chi connectivity index (χ4v) is 3.33. The molecule has 3 aromatic carbocycles. The smallest absolute Gasteiger partial charge is 0.258 e. The lowest BCUT2D eigenvalue weighted by molar-refractivity contribution is -0.114. The molecule has 6 heteroatoms. The highest BCUT2D eigenvalue weighted by atomic mass is 16.5. The van der Waals surface area contributed by atoms with E-state index in [-0.39, 0.29) is 18.4 Å². The third-order valence-corrected chi connectivity index (χ3v) is 5.10. The first-order valence-electron chi connectivity index (χ1n) is 11.3. The highest BCUT2D eigenvalue weighted by molar-refractivity contribution is 6.07. The molecule has 3 aromatic rings. The Kier molecular flexibility index (Phi) is 8.88. The number of carbonyl (C=O) groups is 2. The number of hydrogen-bond donors (Lipinski definition) is 2. The number of rotatable bonds is 11. The molecule has 0 bridgehead atoms. The van der Waals surface area contributed by atoms with E-state index in [9.17, 15) is 9.59 Å². The Morgan fingerprint density at radius 3 is 2.33 bits per heavy atom. The summed E-state index contributed by atoms with van der Waals surface area (Å²) in [6, 6.07) is 24.1. The monoisotopic (exact) mass is 445 g/mol. The first-order valence-corrected chi connectivity index (χ1v) is 11.3. The second-order valence-corrected chi connectivity index (χ2v) is 7.59. The Balaban J connectivity index is 1.55.